The topological polar surface area (TPSA) is 68.6 Å². The number of hydrogen-bond donors (Lipinski definition) is 0. The van der Waals surface area contributed by atoms with Gasteiger partial charge in [0.25, 0.3) is 0 Å². The Hall–Kier alpha value is -1.21. The molecular formula is C9H4Br2N4O. The van der Waals surface area contributed by atoms with E-state index in [4.69, 9.17) is 0 Å². The molecule has 0 atom stereocenters. The van der Waals surface area contributed by atoms with Crippen molar-refractivity contribution in [1.29, 1.82) is 0 Å². The highest BCUT2D eigenvalue weighted by Crippen LogP contribution is 2.17. The van der Waals surface area contributed by atoms with E-state index < -0.39 is 0 Å². The molecule has 0 aliphatic carbocycles. The number of halogens is 2. The van der Waals surface area contributed by atoms with Crippen molar-refractivity contribution in [3.63, 3.8) is 0 Å². The normalized spacial score (nSPS) is 10.1. The lowest BCUT2D eigenvalue weighted by Gasteiger charge is -2.01. The van der Waals surface area contributed by atoms with E-state index in [0.29, 0.717) is 9.21 Å². The van der Waals surface area contributed by atoms with Gasteiger partial charge >= 0.3 is 0 Å². The van der Waals surface area contributed by atoms with Crippen LogP contribution in [-0.4, -0.2) is 25.7 Å². The van der Waals surface area contributed by atoms with Crippen LogP contribution in [0.15, 0.2) is 34.0 Å². The molecule has 16 heavy (non-hydrogen) atoms. The molecule has 0 N–H and O–H groups in total. The van der Waals surface area contributed by atoms with Crippen molar-refractivity contribution < 1.29 is 4.79 Å². The zero-order valence-corrected chi connectivity index (χ0v) is 10.9. The smallest absolute Gasteiger partial charge is 0.235 e. The van der Waals surface area contributed by atoms with Crippen LogP contribution in [0.25, 0.3) is 0 Å². The first-order chi connectivity index (χ1) is 7.70. The van der Waals surface area contributed by atoms with Crippen molar-refractivity contribution >= 4 is 37.6 Å². The summed E-state index contributed by atoms with van der Waals surface area (Å²) in [6.45, 7) is 0. The van der Waals surface area contributed by atoms with Crippen molar-refractivity contribution in [2.75, 3.05) is 0 Å². The van der Waals surface area contributed by atoms with E-state index in [1.54, 1.807) is 0 Å². The van der Waals surface area contributed by atoms with E-state index in [1.165, 1.54) is 24.8 Å². The van der Waals surface area contributed by atoms with E-state index in [1.807, 2.05) is 0 Å². The molecule has 80 valence electrons. The predicted octanol–water partition coefficient (Wildman–Crippen LogP) is 2.02. The first-order valence-corrected chi connectivity index (χ1v) is 5.76. The van der Waals surface area contributed by atoms with Gasteiger partial charge in [-0.2, -0.15) is 0 Å². The van der Waals surface area contributed by atoms with Crippen LogP contribution >= 0.6 is 31.9 Å². The highest BCUT2D eigenvalue weighted by atomic mass is 79.9. The minimum absolute atomic E-state index is 0.212. The fraction of sp³-hybridized carbons (Fsp3) is 0. The van der Waals surface area contributed by atoms with Crippen molar-refractivity contribution in [1.82, 2.24) is 19.9 Å². The first-order valence-electron chi connectivity index (χ1n) is 4.18. The van der Waals surface area contributed by atoms with Crippen LogP contribution in [0.5, 0.6) is 0 Å². The molecule has 0 saturated heterocycles. The van der Waals surface area contributed by atoms with Gasteiger partial charge in [0.15, 0.2) is 0 Å². The van der Waals surface area contributed by atoms with Crippen LogP contribution in [0.2, 0.25) is 0 Å². The summed E-state index contributed by atoms with van der Waals surface area (Å²) in [6, 6.07) is 0. The minimum atomic E-state index is -0.333. The minimum Gasteiger partial charge on any atom is -0.285 e. The van der Waals surface area contributed by atoms with Crippen molar-refractivity contribution in [3.8, 4) is 0 Å². The molecular weight excluding hydrogens is 340 g/mol. The second kappa shape index (κ2) is 4.75. The molecule has 2 rings (SSSR count). The lowest BCUT2D eigenvalue weighted by molar-refractivity contribution is 0.102. The zero-order chi connectivity index (χ0) is 11.5. The predicted molar refractivity (Wildman–Crippen MR) is 62.9 cm³/mol. The molecule has 2 aromatic heterocycles. The van der Waals surface area contributed by atoms with Crippen LogP contribution in [0.3, 0.4) is 0 Å². The summed E-state index contributed by atoms with van der Waals surface area (Å²) in [5, 5.41) is 0. The van der Waals surface area contributed by atoms with Gasteiger partial charge in [-0.3, -0.25) is 4.79 Å². The second-order valence-electron chi connectivity index (χ2n) is 2.72. The lowest BCUT2D eigenvalue weighted by Crippen LogP contribution is -2.09. The second-order valence-corrected chi connectivity index (χ2v) is 4.22. The van der Waals surface area contributed by atoms with Crippen LogP contribution in [0, 0.1) is 0 Å². The maximum absolute atomic E-state index is 12.0. The Morgan fingerprint density at radius 3 is 1.56 bits per heavy atom. The molecule has 2 aromatic rings. The largest absolute Gasteiger partial charge is 0.285 e. The standard InChI is InChI=1S/C9H4Br2N4O/c10-8-5(12-1-3-14-8)7(16)6-9(11)15-4-2-13-6/h1-4H. The summed E-state index contributed by atoms with van der Waals surface area (Å²) in [5.41, 5.74) is 0.424. The Kier molecular flexibility index (Phi) is 3.35. The molecule has 0 unspecified atom stereocenters. The molecule has 7 heteroatoms. The summed E-state index contributed by atoms with van der Waals surface area (Å²) in [5.74, 6) is -0.333. The summed E-state index contributed by atoms with van der Waals surface area (Å²) < 4.78 is 0.773. The average molecular weight is 344 g/mol. The van der Waals surface area contributed by atoms with Gasteiger partial charge in [0.05, 0.1) is 0 Å². The van der Waals surface area contributed by atoms with Gasteiger partial charge in [-0.15, -0.1) is 0 Å². The lowest BCUT2D eigenvalue weighted by atomic mass is 10.2. The van der Waals surface area contributed by atoms with Crippen LogP contribution in [-0.2, 0) is 0 Å². The van der Waals surface area contributed by atoms with Crippen molar-refractivity contribution in [2.45, 2.75) is 0 Å². The fourth-order valence-electron chi connectivity index (χ4n) is 1.06. The molecule has 5 nitrogen and oxygen atoms in total. The third-order valence-corrected chi connectivity index (χ3v) is 2.90. The van der Waals surface area contributed by atoms with Gasteiger partial charge in [-0.1, -0.05) is 0 Å². The Balaban J connectivity index is 2.48. The Bertz CT molecular complexity index is 499. The van der Waals surface area contributed by atoms with E-state index in [2.05, 4.69) is 51.8 Å². The summed E-state index contributed by atoms with van der Waals surface area (Å²) in [7, 11) is 0. The molecule has 0 aromatic carbocycles. The number of hydrogen-bond acceptors (Lipinski definition) is 5. The maximum Gasteiger partial charge on any atom is 0.235 e. The van der Waals surface area contributed by atoms with Gasteiger partial charge in [0, 0.05) is 24.8 Å². The number of carbonyl (C=O) groups is 1. The summed E-state index contributed by atoms with van der Waals surface area (Å²) in [6.07, 6.45) is 5.88. The Morgan fingerprint density at radius 1 is 0.812 bits per heavy atom. The summed E-state index contributed by atoms with van der Waals surface area (Å²) >= 11 is 6.32. The van der Waals surface area contributed by atoms with E-state index >= 15 is 0 Å². The third kappa shape index (κ3) is 2.14. The van der Waals surface area contributed by atoms with Crippen LogP contribution < -0.4 is 0 Å². The molecule has 2 heterocycles. The number of aromatic nitrogens is 4. The van der Waals surface area contributed by atoms with Crippen molar-refractivity contribution in [2.24, 2.45) is 0 Å². The number of ketones is 1. The molecule has 0 fully saturated rings. The highest BCUT2D eigenvalue weighted by molar-refractivity contribution is 9.10. The van der Waals surface area contributed by atoms with Gasteiger partial charge in [0.2, 0.25) is 5.78 Å². The molecule has 0 radical (unpaired) electrons. The molecule has 0 saturated carbocycles. The van der Waals surface area contributed by atoms with Crippen LogP contribution in [0.1, 0.15) is 16.2 Å². The van der Waals surface area contributed by atoms with E-state index in [-0.39, 0.29) is 17.2 Å². The molecule has 0 aliphatic rings. The fourth-order valence-corrected chi connectivity index (χ4v) is 1.86. The van der Waals surface area contributed by atoms with Crippen LogP contribution in [0.4, 0.5) is 0 Å². The van der Waals surface area contributed by atoms with Gasteiger partial charge in [0.1, 0.15) is 20.6 Å². The zero-order valence-electron chi connectivity index (χ0n) is 7.76. The quantitative estimate of drug-likeness (QED) is 0.780. The van der Waals surface area contributed by atoms with Gasteiger partial charge in [-0.05, 0) is 31.9 Å². The van der Waals surface area contributed by atoms with E-state index in [9.17, 15) is 4.79 Å². The number of carbonyl (C=O) groups excluding carboxylic acids is 1. The van der Waals surface area contributed by atoms with Gasteiger partial charge in [-0.25, -0.2) is 19.9 Å². The SMILES string of the molecule is O=C(c1nccnc1Br)c1nccnc1Br. The Labute approximate surface area is 108 Å². The Morgan fingerprint density at radius 2 is 1.19 bits per heavy atom. The summed E-state index contributed by atoms with van der Waals surface area (Å²) in [4.78, 5) is 27.8. The molecule has 0 bridgehead atoms. The number of rotatable bonds is 2. The number of nitrogens with zero attached hydrogens (tertiary/aromatic N) is 4. The molecule has 0 amide bonds. The van der Waals surface area contributed by atoms with Crippen molar-refractivity contribution in [3.05, 3.63) is 45.4 Å². The van der Waals surface area contributed by atoms with E-state index in [0.717, 1.165) is 0 Å². The molecule has 0 spiro atoms. The third-order valence-electron chi connectivity index (χ3n) is 1.74. The average Bonchev–Trinajstić information content (AvgIpc) is 2.29. The monoisotopic (exact) mass is 342 g/mol. The first kappa shape index (κ1) is 11.3. The molecule has 0 aliphatic heterocycles. The van der Waals surface area contributed by atoms with Gasteiger partial charge < -0.3 is 0 Å². The maximum atomic E-state index is 12.0. The highest BCUT2D eigenvalue weighted by Gasteiger charge is 2.19.